The van der Waals surface area contributed by atoms with Gasteiger partial charge in [0.2, 0.25) is 5.78 Å². The van der Waals surface area contributed by atoms with Crippen molar-refractivity contribution < 1.29 is 9.53 Å². The van der Waals surface area contributed by atoms with Crippen molar-refractivity contribution >= 4 is 17.4 Å². The first-order valence-corrected chi connectivity index (χ1v) is 6.47. The van der Waals surface area contributed by atoms with Crippen LogP contribution in [0.2, 0.25) is 5.02 Å². The number of hydrogen-bond donors (Lipinski definition) is 0. The first-order valence-electron chi connectivity index (χ1n) is 6.09. The molecule has 100 valence electrons. The summed E-state index contributed by atoms with van der Waals surface area (Å²) in [6, 6.07) is 6.99. The zero-order valence-corrected chi connectivity index (χ0v) is 11.6. The van der Waals surface area contributed by atoms with Gasteiger partial charge in [-0.25, -0.2) is 0 Å². The van der Waals surface area contributed by atoms with E-state index in [0.717, 1.165) is 6.54 Å². The third kappa shape index (κ3) is 3.35. The first-order chi connectivity index (χ1) is 9.10. The fourth-order valence-corrected chi connectivity index (χ4v) is 1.88. The van der Waals surface area contributed by atoms with Crippen LogP contribution in [-0.2, 0) is 6.54 Å². The molecule has 0 saturated carbocycles. The summed E-state index contributed by atoms with van der Waals surface area (Å²) in [6.07, 6.45) is 2.71. The van der Waals surface area contributed by atoms with Crippen molar-refractivity contribution in [1.29, 1.82) is 0 Å². The van der Waals surface area contributed by atoms with E-state index in [-0.39, 0.29) is 5.78 Å². The summed E-state index contributed by atoms with van der Waals surface area (Å²) in [7, 11) is 0. The van der Waals surface area contributed by atoms with Crippen LogP contribution in [0.1, 0.15) is 24.2 Å². The van der Waals surface area contributed by atoms with Crippen LogP contribution in [0.5, 0.6) is 5.75 Å². The van der Waals surface area contributed by atoms with E-state index in [1.165, 1.54) is 0 Å². The van der Waals surface area contributed by atoms with Crippen molar-refractivity contribution in [3.63, 3.8) is 0 Å². The number of halogens is 1. The third-order valence-electron chi connectivity index (χ3n) is 2.72. The van der Waals surface area contributed by atoms with Gasteiger partial charge in [-0.1, -0.05) is 17.7 Å². The molecule has 4 nitrogen and oxygen atoms in total. The Bertz CT molecular complexity index is 580. The molecule has 0 aliphatic carbocycles. The van der Waals surface area contributed by atoms with Crippen LogP contribution >= 0.6 is 11.6 Å². The maximum atomic E-state index is 12.2. The lowest BCUT2D eigenvalue weighted by Gasteiger charge is -2.12. The van der Waals surface area contributed by atoms with Crippen molar-refractivity contribution in [2.24, 2.45) is 0 Å². The maximum Gasteiger partial charge on any atom is 0.206 e. The lowest BCUT2D eigenvalue weighted by atomic mass is 10.1. The summed E-state index contributed by atoms with van der Waals surface area (Å²) in [5.41, 5.74) is 0.552. The zero-order valence-electron chi connectivity index (χ0n) is 10.8. The van der Waals surface area contributed by atoms with Crippen LogP contribution in [0.3, 0.4) is 0 Å². The molecule has 1 aromatic heterocycles. The minimum atomic E-state index is -0.576. The van der Waals surface area contributed by atoms with Crippen molar-refractivity contribution in [2.75, 3.05) is 0 Å². The molecule has 0 amide bonds. The van der Waals surface area contributed by atoms with Crippen LogP contribution in [0.4, 0.5) is 0 Å². The molecular weight excluding hydrogens is 264 g/mol. The first kappa shape index (κ1) is 13.6. The monoisotopic (exact) mass is 278 g/mol. The van der Waals surface area contributed by atoms with E-state index in [9.17, 15) is 4.79 Å². The van der Waals surface area contributed by atoms with Gasteiger partial charge in [0.15, 0.2) is 6.10 Å². The average Bonchev–Trinajstić information content (AvgIpc) is 2.86. The van der Waals surface area contributed by atoms with Gasteiger partial charge in [-0.2, -0.15) is 5.10 Å². The molecule has 1 aromatic carbocycles. The predicted molar refractivity (Wildman–Crippen MR) is 73.8 cm³/mol. The predicted octanol–water partition coefficient (Wildman–Crippen LogP) is 3.21. The van der Waals surface area contributed by atoms with Gasteiger partial charge >= 0.3 is 0 Å². The number of carbonyl (C=O) groups is 1. The number of aryl methyl sites for hydroxylation is 1. The highest BCUT2D eigenvalue weighted by Crippen LogP contribution is 2.19. The van der Waals surface area contributed by atoms with Gasteiger partial charge in [-0.3, -0.25) is 9.48 Å². The van der Waals surface area contributed by atoms with E-state index in [2.05, 4.69) is 5.10 Å². The molecule has 5 heteroatoms. The number of hydrogen-bond acceptors (Lipinski definition) is 3. The summed E-state index contributed by atoms with van der Waals surface area (Å²) in [4.78, 5) is 12.2. The van der Waals surface area contributed by atoms with Crippen LogP contribution in [0, 0.1) is 0 Å². The number of aromatic nitrogens is 2. The van der Waals surface area contributed by atoms with E-state index in [0.29, 0.717) is 16.3 Å². The van der Waals surface area contributed by atoms with Gasteiger partial charge in [0, 0.05) is 17.8 Å². The molecular formula is C14H15ClN2O2. The van der Waals surface area contributed by atoms with Crippen LogP contribution in [0.25, 0.3) is 0 Å². The fraction of sp³-hybridized carbons (Fsp3) is 0.286. The molecule has 2 rings (SSSR count). The van der Waals surface area contributed by atoms with Gasteiger partial charge < -0.3 is 4.74 Å². The van der Waals surface area contributed by atoms with Crippen molar-refractivity contribution in [3.05, 3.63) is 47.2 Å². The summed E-state index contributed by atoms with van der Waals surface area (Å²) in [5, 5.41) is 4.66. The Morgan fingerprint density at radius 1 is 1.53 bits per heavy atom. The summed E-state index contributed by atoms with van der Waals surface area (Å²) >= 11 is 5.87. The highest BCUT2D eigenvalue weighted by Gasteiger charge is 2.18. The van der Waals surface area contributed by atoms with Crippen molar-refractivity contribution in [3.8, 4) is 5.75 Å². The largest absolute Gasteiger partial charge is 0.483 e. The van der Waals surface area contributed by atoms with Crippen LogP contribution in [-0.4, -0.2) is 21.7 Å². The Balaban J connectivity index is 2.07. The molecule has 0 bridgehead atoms. The van der Waals surface area contributed by atoms with Gasteiger partial charge in [-0.05, 0) is 32.0 Å². The molecule has 0 N–H and O–H groups in total. The molecule has 0 aliphatic heterocycles. The molecule has 1 unspecified atom stereocenters. The number of ketones is 1. The fourth-order valence-electron chi connectivity index (χ4n) is 1.70. The summed E-state index contributed by atoms with van der Waals surface area (Å²) < 4.78 is 7.29. The van der Waals surface area contributed by atoms with Gasteiger partial charge in [0.05, 0.1) is 11.8 Å². The normalized spacial score (nSPS) is 12.2. The van der Waals surface area contributed by atoms with E-state index < -0.39 is 6.10 Å². The Labute approximate surface area is 116 Å². The minimum Gasteiger partial charge on any atom is -0.483 e. The second-order valence-electron chi connectivity index (χ2n) is 4.17. The SMILES string of the molecule is CCn1cc(C(=O)C(C)Oc2cccc(Cl)c2)cn1. The van der Waals surface area contributed by atoms with Crippen LogP contribution < -0.4 is 4.74 Å². The molecule has 1 atom stereocenters. The molecule has 0 fully saturated rings. The van der Waals surface area contributed by atoms with Gasteiger partial charge in [0.25, 0.3) is 0 Å². The summed E-state index contributed by atoms with van der Waals surface area (Å²) in [5.74, 6) is 0.482. The number of Topliss-reactive ketones (excluding diaryl/α,β-unsaturated/α-hetero) is 1. The highest BCUT2D eigenvalue weighted by molar-refractivity contribution is 6.30. The van der Waals surface area contributed by atoms with E-state index in [1.54, 1.807) is 48.3 Å². The van der Waals surface area contributed by atoms with E-state index in [1.807, 2.05) is 6.92 Å². The Morgan fingerprint density at radius 3 is 2.95 bits per heavy atom. The van der Waals surface area contributed by atoms with E-state index >= 15 is 0 Å². The van der Waals surface area contributed by atoms with Crippen molar-refractivity contribution in [2.45, 2.75) is 26.5 Å². The Morgan fingerprint density at radius 2 is 2.32 bits per heavy atom. The Kier molecular flexibility index (Phi) is 4.22. The van der Waals surface area contributed by atoms with Gasteiger partial charge in [0.1, 0.15) is 5.75 Å². The molecule has 1 heterocycles. The van der Waals surface area contributed by atoms with Crippen molar-refractivity contribution in [1.82, 2.24) is 9.78 Å². The standard InChI is InChI=1S/C14H15ClN2O2/c1-3-17-9-11(8-16-17)14(18)10(2)19-13-6-4-5-12(15)7-13/h4-10H,3H2,1-2H3. The molecule has 0 aliphatic rings. The molecule has 19 heavy (non-hydrogen) atoms. The second kappa shape index (κ2) is 5.89. The lowest BCUT2D eigenvalue weighted by Crippen LogP contribution is -2.23. The topological polar surface area (TPSA) is 44.1 Å². The average molecular weight is 279 g/mol. The highest BCUT2D eigenvalue weighted by atomic mass is 35.5. The number of rotatable bonds is 5. The third-order valence-corrected chi connectivity index (χ3v) is 2.96. The molecule has 0 spiro atoms. The van der Waals surface area contributed by atoms with Gasteiger partial charge in [-0.15, -0.1) is 0 Å². The van der Waals surface area contributed by atoms with Crippen LogP contribution in [0.15, 0.2) is 36.7 Å². The number of nitrogens with zero attached hydrogens (tertiary/aromatic N) is 2. The molecule has 2 aromatic rings. The number of ether oxygens (including phenoxy) is 1. The second-order valence-corrected chi connectivity index (χ2v) is 4.60. The summed E-state index contributed by atoms with van der Waals surface area (Å²) in [6.45, 7) is 4.41. The Hall–Kier alpha value is -1.81. The van der Waals surface area contributed by atoms with E-state index in [4.69, 9.17) is 16.3 Å². The number of carbonyl (C=O) groups excluding carboxylic acids is 1. The smallest absolute Gasteiger partial charge is 0.206 e. The molecule has 0 saturated heterocycles. The molecule has 0 radical (unpaired) electrons. The lowest BCUT2D eigenvalue weighted by molar-refractivity contribution is 0.0818. The zero-order chi connectivity index (χ0) is 13.8. The maximum absolute atomic E-state index is 12.2. The number of benzene rings is 1. The minimum absolute atomic E-state index is 0.0975. The quantitative estimate of drug-likeness (QED) is 0.789.